The summed E-state index contributed by atoms with van der Waals surface area (Å²) in [5.41, 5.74) is 0.881. The molecule has 1 fully saturated rings. The van der Waals surface area contributed by atoms with Crippen molar-refractivity contribution in [3.05, 3.63) is 35.9 Å². The SMILES string of the molecule is O=C(CC(F)(F)Cl)N1C(=O)OC[C@@H]1Cc1ccccc1. The van der Waals surface area contributed by atoms with E-state index in [9.17, 15) is 18.4 Å². The molecule has 0 unspecified atom stereocenters. The van der Waals surface area contributed by atoms with Gasteiger partial charge in [0.15, 0.2) is 0 Å². The molecule has 1 aliphatic rings. The molecule has 108 valence electrons. The Morgan fingerprint density at radius 1 is 1.40 bits per heavy atom. The minimum absolute atomic E-state index is 0.00662. The Balaban J connectivity index is 2.09. The average Bonchev–Trinajstić information content (AvgIpc) is 2.69. The van der Waals surface area contributed by atoms with Crippen molar-refractivity contribution < 1.29 is 23.1 Å². The van der Waals surface area contributed by atoms with E-state index in [-0.39, 0.29) is 6.61 Å². The van der Waals surface area contributed by atoms with E-state index in [1.54, 1.807) is 0 Å². The van der Waals surface area contributed by atoms with Crippen LogP contribution in [0.25, 0.3) is 0 Å². The number of carbonyl (C=O) groups is 2. The maximum atomic E-state index is 12.7. The van der Waals surface area contributed by atoms with Crippen molar-refractivity contribution in [2.24, 2.45) is 0 Å². The Kier molecular flexibility index (Phi) is 4.23. The number of hydrogen-bond acceptors (Lipinski definition) is 3. The Hall–Kier alpha value is -1.69. The first-order valence-corrected chi connectivity index (χ1v) is 6.34. The van der Waals surface area contributed by atoms with Crippen LogP contribution in [0, 0.1) is 0 Å². The Bertz CT molecular complexity index is 504. The van der Waals surface area contributed by atoms with Gasteiger partial charge in [-0.25, -0.2) is 9.69 Å². The molecule has 1 atom stereocenters. The number of ether oxygens (including phenoxy) is 1. The highest BCUT2D eigenvalue weighted by molar-refractivity contribution is 6.23. The van der Waals surface area contributed by atoms with E-state index in [1.807, 2.05) is 30.3 Å². The summed E-state index contributed by atoms with van der Waals surface area (Å²) in [6.45, 7) is -0.00662. The monoisotopic (exact) mass is 303 g/mol. The zero-order chi connectivity index (χ0) is 14.8. The van der Waals surface area contributed by atoms with Crippen LogP contribution in [0.5, 0.6) is 0 Å². The van der Waals surface area contributed by atoms with Gasteiger partial charge in [-0.05, 0) is 23.6 Å². The van der Waals surface area contributed by atoms with Crippen LogP contribution in [0.15, 0.2) is 30.3 Å². The van der Waals surface area contributed by atoms with E-state index < -0.39 is 29.8 Å². The Morgan fingerprint density at radius 3 is 2.65 bits per heavy atom. The molecule has 0 bridgehead atoms. The predicted octanol–water partition coefficient (Wildman–Crippen LogP) is 2.80. The second kappa shape index (κ2) is 5.75. The molecule has 1 saturated heterocycles. The van der Waals surface area contributed by atoms with Crippen molar-refractivity contribution in [3.8, 4) is 0 Å². The fraction of sp³-hybridized carbons (Fsp3) is 0.385. The normalized spacial score (nSPS) is 19.1. The zero-order valence-electron chi connectivity index (χ0n) is 10.4. The first-order chi connectivity index (χ1) is 9.37. The largest absolute Gasteiger partial charge is 0.447 e. The van der Waals surface area contributed by atoms with Gasteiger partial charge in [-0.2, -0.15) is 8.78 Å². The number of hydrogen-bond donors (Lipinski definition) is 0. The molecule has 20 heavy (non-hydrogen) atoms. The second-order valence-electron chi connectivity index (χ2n) is 4.48. The third-order valence-corrected chi connectivity index (χ3v) is 3.03. The smallest absolute Gasteiger partial charge is 0.416 e. The van der Waals surface area contributed by atoms with E-state index in [0.29, 0.717) is 6.42 Å². The van der Waals surface area contributed by atoms with Crippen LogP contribution in [0.2, 0.25) is 0 Å². The molecule has 0 aliphatic carbocycles. The molecule has 0 saturated carbocycles. The van der Waals surface area contributed by atoms with Crippen molar-refractivity contribution in [3.63, 3.8) is 0 Å². The summed E-state index contributed by atoms with van der Waals surface area (Å²) in [4.78, 5) is 24.0. The molecule has 0 aromatic heterocycles. The molecule has 1 heterocycles. The Morgan fingerprint density at radius 2 is 2.05 bits per heavy atom. The first-order valence-electron chi connectivity index (χ1n) is 5.96. The number of imide groups is 1. The molecule has 4 nitrogen and oxygen atoms in total. The summed E-state index contributed by atoms with van der Waals surface area (Å²) in [5.74, 6) is -1.03. The van der Waals surface area contributed by atoms with Crippen LogP contribution in [0.1, 0.15) is 12.0 Å². The highest BCUT2D eigenvalue weighted by Gasteiger charge is 2.41. The molecule has 2 amide bonds. The Labute approximate surface area is 119 Å². The van der Waals surface area contributed by atoms with Crippen molar-refractivity contribution in [1.82, 2.24) is 4.90 Å². The van der Waals surface area contributed by atoms with Crippen molar-refractivity contribution in [2.45, 2.75) is 24.3 Å². The predicted molar refractivity (Wildman–Crippen MR) is 67.5 cm³/mol. The third-order valence-electron chi connectivity index (χ3n) is 2.90. The minimum atomic E-state index is -3.67. The number of nitrogens with zero attached hydrogens (tertiary/aromatic N) is 1. The highest BCUT2D eigenvalue weighted by atomic mass is 35.5. The molecule has 1 aromatic rings. The van der Waals surface area contributed by atoms with Gasteiger partial charge in [0.1, 0.15) is 13.0 Å². The molecule has 7 heteroatoms. The van der Waals surface area contributed by atoms with Gasteiger partial charge >= 0.3 is 11.5 Å². The lowest BCUT2D eigenvalue weighted by Gasteiger charge is -2.20. The number of benzene rings is 1. The van der Waals surface area contributed by atoms with Gasteiger partial charge < -0.3 is 4.74 Å². The van der Waals surface area contributed by atoms with Crippen molar-refractivity contribution >= 4 is 23.6 Å². The quantitative estimate of drug-likeness (QED) is 0.804. The number of carbonyl (C=O) groups excluding carboxylic acids is 2. The van der Waals surface area contributed by atoms with Gasteiger partial charge in [-0.15, -0.1) is 0 Å². The zero-order valence-corrected chi connectivity index (χ0v) is 11.1. The van der Waals surface area contributed by atoms with Crippen LogP contribution in [-0.4, -0.2) is 34.9 Å². The lowest BCUT2D eigenvalue weighted by molar-refractivity contribution is -0.132. The minimum Gasteiger partial charge on any atom is -0.447 e. The molecule has 2 rings (SSSR count). The van der Waals surface area contributed by atoms with E-state index in [0.717, 1.165) is 10.5 Å². The van der Waals surface area contributed by atoms with E-state index in [2.05, 4.69) is 0 Å². The lowest BCUT2D eigenvalue weighted by Crippen LogP contribution is -2.41. The van der Waals surface area contributed by atoms with Gasteiger partial charge in [0.25, 0.3) is 0 Å². The van der Waals surface area contributed by atoms with E-state index in [4.69, 9.17) is 16.3 Å². The van der Waals surface area contributed by atoms with Crippen LogP contribution in [0.3, 0.4) is 0 Å². The third kappa shape index (κ3) is 3.66. The number of amides is 2. The van der Waals surface area contributed by atoms with Gasteiger partial charge in [-0.1, -0.05) is 30.3 Å². The van der Waals surface area contributed by atoms with E-state index in [1.165, 1.54) is 0 Å². The molecule has 0 radical (unpaired) electrons. The second-order valence-corrected chi connectivity index (χ2v) is 5.03. The fourth-order valence-electron chi connectivity index (χ4n) is 2.06. The summed E-state index contributed by atoms with van der Waals surface area (Å²) in [6.07, 6.45) is -1.78. The van der Waals surface area contributed by atoms with Gasteiger partial charge in [-0.3, -0.25) is 4.79 Å². The summed E-state index contributed by atoms with van der Waals surface area (Å²) in [7, 11) is 0. The van der Waals surface area contributed by atoms with Crippen molar-refractivity contribution in [1.29, 1.82) is 0 Å². The highest BCUT2D eigenvalue weighted by Crippen LogP contribution is 2.27. The summed E-state index contributed by atoms with van der Waals surface area (Å²) in [6, 6.07) is 8.51. The van der Waals surface area contributed by atoms with Crippen molar-refractivity contribution in [2.75, 3.05) is 6.61 Å². The molecule has 0 spiro atoms. The van der Waals surface area contributed by atoms with Gasteiger partial charge in [0.2, 0.25) is 5.91 Å². The van der Waals surface area contributed by atoms with Crippen LogP contribution >= 0.6 is 11.6 Å². The number of rotatable bonds is 4. The average molecular weight is 304 g/mol. The maximum absolute atomic E-state index is 12.7. The molecular formula is C13H12ClF2NO3. The number of alkyl halides is 3. The fourth-order valence-corrected chi connectivity index (χ4v) is 2.17. The van der Waals surface area contributed by atoms with Crippen LogP contribution in [0.4, 0.5) is 13.6 Å². The van der Waals surface area contributed by atoms with Gasteiger partial charge in [0, 0.05) is 0 Å². The van der Waals surface area contributed by atoms with Crippen LogP contribution < -0.4 is 0 Å². The van der Waals surface area contributed by atoms with E-state index >= 15 is 0 Å². The molecule has 1 aliphatic heterocycles. The standard InChI is InChI=1S/C13H12ClF2NO3/c14-13(15,16)7-11(18)17-10(8-20-12(17)19)6-9-4-2-1-3-5-9/h1-5,10H,6-8H2/t10-/m0/s1. The first kappa shape index (κ1) is 14.7. The summed E-state index contributed by atoms with van der Waals surface area (Å²) in [5, 5.41) is -3.67. The topological polar surface area (TPSA) is 46.6 Å². The number of halogens is 3. The number of cyclic esters (lactones) is 1. The molecule has 0 N–H and O–H groups in total. The molecular weight excluding hydrogens is 292 g/mol. The van der Waals surface area contributed by atoms with Crippen LogP contribution in [-0.2, 0) is 16.0 Å². The van der Waals surface area contributed by atoms with Gasteiger partial charge in [0.05, 0.1) is 6.04 Å². The molecule has 1 aromatic carbocycles. The summed E-state index contributed by atoms with van der Waals surface area (Å²) >= 11 is 4.73. The summed E-state index contributed by atoms with van der Waals surface area (Å²) < 4.78 is 30.1. The lowest BCUT2D eigenvalue weighted by atomic mass is 10.1. The maximum Gasteiger partial charge on any atom is 0.416 e.